The van der Waals surface area contributed by atoms with Gasteiger partial charge in [0.2, 0.25) is 5.91 Å². The third kappa shape index (κ3) is 3.10. The van der Waals surface area contributed by atoms with Gasteiger partial charge in [-0.1, -0.05) is 18.2 Å². The van der Waals surface area contributed by atoms with E-state index in [1.165, 1.54) is 5.56 Å². The molecule has 126 valence electrons. The van der Waals surface area contributed by atoms with E-state index in [9.17, 15) is 4.79 Å². The van der Waals surface area contributed by atoms with E-state index in [0.717, 1.165) is 28.4 Å². The second kappa shape index (κ2) is 6.61. The monoisotopic (exact) mass is 351 g/mol. The molecule has 0 fully saturated rings. The number of benzene rings is 2. The lowest BCUT2D eigenvalue weighted by molar-refractivity contribution is -0.116. The van der Waals surface area contributed by atoms with Gasteiger partial charge in [-0.15, -0.1) is 0 Å². The van der Waals surface area contributed by atoms with Crippen LogP contribution in [0.2, 0.25) is 0 Å². The van der Waals surface area contributed by atoms with E-state index in [1.54, 1.807) is 18.4 Å². The number of hydrogen-bond donors (Lipinski definition) is 1. The van der Waals surface area contributed by atoms with Gasteiger partial charge in [0, 0.05) is 23.3 Å². The van der Waals surface area contributed by atoms with Crippen molar-refractivity contribution in [3.05, 3.63) is 58.8 Å². The average molecular weight is 351 g/mol. The zero-order valence-corrected chi connectivity index (χ0v) is 14.6. The highest BCUT2D eigenvalue weighted by molar-refractivity contribution is 7.07. The van der Waals surface area contributed by atoms with E-state index < -0.39 is 0 Å². The van der Waals surface area contributed by atoms with Crippen molar-refractivity contribution in [3.63, 3.8) is 0 Å². The molecule has 1 amide bonds. The lowest BCUT2D eigenvalue weighted by Gasteiger charge is -2.10. The van der Waals surface area contributed by atoms with Crippen molar-refractivity contribution >= 4 is 44.9 Å². The topological polar surface area (TPSA) is 51.5 Å². The summed E-state index contributed by atoms with van der Waals surface area (Å²) in [6.45, 7) is 0. The Kier molecular flexibility index (Phi) is 4.15. The maximum absolute atomic E-state index is 12.3. The lowest BCUT2D eigenvalue weighted by Crippen LogP contribution is -2.12. The molecule has 0 radical (unpaired) electrons. The minimum atomic E-state index is -0.0417. The highest BCUT2D eigenvalue weighted by atomic mass is 32.1. The van der Waals surface area contributed by atoms with Crippen LogP contribution >= 0.6 is 11.3 Å². The van der Waals surface area contributed by atoms with Crippen LogP contribution < -0.4 is 10.1 Å². The van der Waals surface area contributed by atoms with Crippen LogP contribution in [0, 0.1) is 0 Å². The number of hydrogen-bond acceptors (Lipinski definition) is 4. The molecule has 0 aliphatic heterocycles. The normalized spacial score (nSPS) is 11.1. The number of anilines is 1. The van der Waals surface area contributed by atoms with E-state index in [0.29, 0.717) is 17.9 Å². The van der Waals surface area contributed by atoms with Crippen molar-refractivity contribution in [1.29, 1.82) is 0 Å². The molecular weight excluding hydrogens is 334 g/mol. The van der Waals surface area contributed by atoms with Gasteiger partial charge >= 0.3 is 0 Å². The fourth-order valence-corrected chi connectivity index (χ4v) is 3.63. The summed E-state index contributed by atoms with van der Waals surface area (Å²) in [5.41, 5.74) is 3.36. The predicted octanol–water partition coefficient (Wildman–Crippen LogP) is 5.23. The molecule has 4 nitrogen and oxygen atoms in total. The Labute approximate surface area is 149 Å². The summed E-state index contributed by atoms with van der Waals surface area (Å²) < 4.78 is 11.4. The number of ether oxygens (including phenoxy) is 1. The first-order valence-electron chi connectivity index (χ1n) is 8.05. The van der Waals surface area contributed by atoms with Crippen LogP contribution in [-0.2, 0) is 11.2 Å². The smallest absolute Gasteiger partial charge is 0.224 e. The Morgan fingerprint density at radius 3 is 2.84 bits per heavy atom. The van der Waals surface area contributed by atoms with Crippen molar-refractivity contribution in [3.8, 4) is 5.75 Å². The molecule has 0 unspecified atom stereocenters. The van der Waals surface area contributed by atoms with E-state index in [2.05, 4.69) is 10.7 Å². The summed E-state index contributed by atoms with van der Waals surface area (Å²) in [6.07, 6.45) is 1.16. The third-order valence-electron chi connectivity index (χ3n) is 4.19. The molecule has 5 heteroatoms. The lowest BCUT2D eigenvalue weighted by atomic mass is 10.1. The Morgan fingerprint density at radius 1 is 1.16 bits per heavy atom. The highest BCUT2D eigenvalue weighted by Gasteiger charge is 2.14. The fraction of sp³-hybridized carbons (Fsp3) is 0.150. The maximum atomic E-state index is 12.3. The molecule has 0 aliphatic carbocycles. The number of fused-ring (bicyclic) bond motifs is 3. The molecule has 0 spiro atoms. The molecule has 2 aromatic carbocycles. The molecule has 25 heavy (non-hydrogen) atoms. The molecule has 2 heterocycles. The number of furan rings is 1. The zero-order chi connectivity index (χ0) is 17.2. The van der Waals surface area contributed by atoms with Crippen molar-refractivity contribution in [2.45, 2.75) is 12.8 Å². The van der Waals surface area contributed by atoms with Crippen LogP contribution in [0.1, 0.15) is 12.0 Å². The van der Waals surface area contributed by atoms with Crippen molar-refractivity contribution in [1.82, 2.24) is 0 Å². The highest BCUT2D eigenvalue weighted by Crippen LogP contribution is 2.36. The number of nitrogens with one attached hydrogen (secondary N) is 1. The van der Waals surface area contributed by atoms with E-state index in [-0.39, 0.29) is 5.91 Å². The van der Waals surface area contributed by atoms with E-state index >= 15 is 0 Å². The van der Waals surface area contributed by atoms with Crippen LogP contribution in [0.25, 0.3) is 21.9 Å². The summed E-state index contributed by atoms with van der Waals surface area (Å²) in [7, 11) is 1.60. The second-order valence-electron chi connectivity index (χ2n) is 5.83. The Bertz CT molecular complexity index is 1030. The molecular formula is C20H17NO3S. The van der Waals surface area contributed by atoms with Gasteiger partial charge in [-0.05, 0) is 40.9 Å². The van der Waals surface area contributed by atoms with Crippen LogP contribution in [0.5, 0.6) is 5.75 Å². The summed E-state index contributed by atoms with van der Waals surface area (Å²) >= 11 is 1.64. The minimum Gasteiger partial charge on any atom is -0.495 e. The molecule has 4 aromatic rings. The van der Waals surface area contributed by atoms with Gasteiger partial charge in [-0.25, -0.2) is 0 Å². The number of carbonyl (C=O) groups is 1. The molecule has 0 atom stereocenters. The van der Waals surface area contributed by atoms with Crippen LogP contribution in [0.15, 0.2) is 57.6 Å². The van der Waals surface area contributed by atoms with Crippen molar-refractivity contribution in [2.75, 3.05) is 12.4 Å². The van der Waals surface area contributed by atoms with Gasteiger partial charge in [0.15, 0.2) is 0 Å². The number of rotatable bonds is 5. The van der Waals surface area contributed by atoms with Gasteiger partial charge < -0.3 is 14.5 Å². The summed E-state index contributed by atoms with van der Waals surface area (Å²) in [5.74, 6) is 0.586. The van der Waals surface area contributed by atoms with Crippen LogP contribution in [-0.4, -0.2) is 13.0 Å². The number of amides is 1. The van der Waals surface area contributed by atoms with Gasteiger partial charge in [0.1, 0.15) is 16.9 Å². The molecule has 0 saturated heterocycles. The van der Waals surface area contributed by atoms with Gasteiger partial charge in [-0.2, -0.15) is 11.3 Å². The van der Waals surface area contributed by atoms with Crippen LogP contribution in [0.4, 0.5) is 5.69 Å². The number of para-hydroxylation sites is 1. The average Bonchev–Trinajstić information content (AvgIpc) is 3.26. The van der Waals surface area contributed by atoms with Crippen molar-refractivity contribution in [2.24, 2.45) is 0 Å². The van der Waals surface area contributed by atoms with Crippen molar-refractivity contribution < 1.29 is 13.9 Å². The first kappa shape index (κ1) is 15.7. The first-order valence-corrected chi connectivity index (χ1v) is 8.99. The number of carbonyl (C=O) groups excluding carboxylic acids is 1. The second-order valence-corrected chi connectivity index (χ2v) is 6.61. The molecule has 0 bridgehead atoms. The van der Waals surface area contributed by atoms with Gasteiger partial charge in [0.05, 0.1) is 12.8 Å². The molecule has 2 aromatic heterocycles. The molecule has 4 rings (SSSR count). The van der Waals surface area contributed by atoms with E-state index in [1.807, 2.05) is 47.8 Å². The maximum Gasteiger partial charge on any atom is 0.224 e. The Hall–Kier alpha value is -2.79. The Balaban J connectivity index is 1.61. The van der Waals surface area contributed by atoms with E-state index in [4.69, 9.17) is 9.15 Å². The summed E-state index contributed by atoms with van der Waals surface area (Å²) in [6, 6.07) is 13.6. The van der Waals surface area contributed by atoms with Gasteiger partial charge in [-0.3, -0.25) is 4.79 Å². The van der Waals surface area contributed by atoms with Gasteiger partial charge in [0.25, 0.3) is 0 Å². The quantitative estimate of drug-likeness (QED) is 0.536. The summed E-state index contributed by atoms with van der Waals surface area (Å²) in [4.78, 5) is 12.3. The standard InChI is InChI=1S/C20H17NO3S/c1-23-19-10-15-14-4-2-3-5-17(14)24-18(15)11-16(19)21-20(22)7-6-13-8-9-25-12-13/h2-5,8-12H,6-7H2,1H3,(H,21,22). The van der Waals surface area contributed by atoms with Crippen LogP contribution in [0.3, 0.4) is 0 Å². The molecule has 0 saturated carbocycles. The minimum absolute atomic E-state index is 0.0417. The number of thiophene rings is 1. The number of methoxy groups -OCH3 is 1. The SMILES string of the molecule is COc1cc2c(cc1NC(=O)CCc1ccsc1)oc1ccccc12. The number of aryl methyl sites for hydroxylation is 1. The third-order valence-corrected chi connectivity index (χ3v) is 4.93. The molecule has 1 N–H and O–H groups in total. The fourth-order valence-electron chi connectivity index (χ4n) is 2.92. The summed E-state index contributed by atoms with van der Waals surface area (Å²) in [5, 5.41) is 9.03. The Morgan fingerprint density at radius 2 is 2.04 bits per heavy atom. The zero-order valence-electron chi connectivity index (χ0n) is 13.7. The molecule has 0 aliphatic rings. The first-order chi connectivity index (χ1) is 12.2. The predicted molar refractivity (Wildman–Crippen MR) is 102 cm³/mol. The largest absolute Gasteiger partial charge is 0.495 e.